The fourth-order valence-corrected chi connectivity index (χ4v) is 16.6. The molecule has 2 saturated carbocycles. The van der Waals surface area contributed by atoms with Crippen LogP contribution in [-0.4, -0.2) is 20.4 Å². The Kier molecular flexibility index (Phi) is 9.58. The number of hydrogen-bond donors (Lipinski definition) is 0. The molecule has 6 aliphatic rings. The molecule has 0 saturated heterocycles. The molecule has 4 bridgehead atoms. The van der Waals surface area contributed by atoms with E-state index in [9.17, 15) is 0 Å². The first-order chi connectivity index (χ1) is 36.6. The number of hydrogen-bond acceptors (Lipinski definition) is 2. The van der Waals surface area contributed by atoms with Gasteiger partial charge in [0.2, 0.25) is 0 Å². The van der Waals surface area contributed by atoms with Crippen molar-refractivity contribution in [2.75, 3.05) is 0 Å². The summed E-state index contributed by atoms with van der Waals surface area (Å²) in [5.74, 6) is 0.659. The lowest BCUT2D eigenvalue weighted by molar-refractivity contribution is 0.0726. The summed E-state index contributed by atoms with van der Waals surface area (Å²) < 4.78 is 5.12. The monoisotopic (exact) mass is 997 g/mol. The molecular weight excluding hydrogens is 925 g/mol. The number of Topliss-reactive ketones (excluding diaryl/α,β-unsaturated/α-hetero) is 2. The summed E-state index contributed by atoms with van der Waals surface area (Å²) in [6.45, 7) is 23.2. The maximum absolute atomic E-state index is 15.0. The van der Waals surface area contributed by atoms with Crippen LogP contribution in [0.3, 0.4) is 0 Å². The van der Waals surface area contributed by atoms with Gasteiger partial charge in [0, 0.05) is 65.0 Å². The van der Waals surface area contributed by atoms with Crippen LogP contribution >= 0.6 is 0 Å². The van der Waals surface area contributed by atoms with Gasteiger partial charge >= 0.3 is 0 Å². The fraction of sp³-hybridized carbons (Fsp3) is 0.389. The van der Waals surface area contributed by atoms with Gasteiger partial charge in [0.15, 0.2) is 11.6 Å². The molecule has 0 radical (unpaired) electrons. The minimum absolute atomic E-state index is 0.0373. The van der Waals surface area contributed by atoms with E-state index in [-0.39, 0.29) is 21.7 Å². The minimum atomic E-state index is -0.332. The molecule has 76 heavy (non-hydrogen) atoms. The molecule has 0 spiro atoms. The zero-order valence-corrected chi connectivity index (χ0v) is 46.7. The molecule has 0 N–H and O–H groups in total. The molecule has 7 aromatic carbocycles. The van der Waals surface area contributed by atoms with Crippen LogP contribution in [0.1, 0.15) is 186 Å². The molecule has 382 valence electrons. The molecule has 0 amide bonds. The number of aromatic nitrogens is 2. The first-order valence-corrected chi connectivity index (χ1v) is 29.5. The average Bonchev–Trinajstić information content (AvgIpc) is 4.32. The van der Waals surface area contributed by atoms with E-state index >= 15 is 9.59 Å². The summed E-state index contributed by atoms with van der Waals surface area (Å²) in [7, 11) is 0. The van der Waals surface area contributed by atoms with E-state index in [2.05, 4.69) is 163 Å². The number of carbonyl (C=O) groups is 2. The van der Waals surface area contributed by atoms with Crippen LogP contribution in [-0.2, 0) is 49.4 Å². The smallest absolute Gasteiger partial charge is 0.169 e. The van der Waals surface area contributed by atoms with Gasteiger partial charge in [0.1, 0.15) is 0 Å². The van der Waals surface area contributed by atoms with Crippen molar-refractivity contribution in [3.63, 3.8) is 0 Å². The number of fused-ring (bicyclic) bond motifs is 16. The molecule has 4 heterocycles. The van der Waals surface area contributed by atoms with E-state index in [1.807, 2.05) is 0 Å². The van der Waals surface area contributed by atoms with E-state index in [1.165, 1.54) is 132 Å². The summed E-state index contributed by atoms with van der Waals surface area (Å²) in [5, 5.41) is 10.0. The molecule has 0 atom stereocenters. The topological polar surface area (TPSA) is 43.0 Å². The van der Waals surface area contributed by atoms with Crippen LogP contribution in [0.25, 0.3) is 98.4 Å². The Morgan fingerprint density at radius 1 is 0.342 bits per heavy atom. The number of benzene rings is 7. The predicted octanol–water partition coefficient (Wildman–Crippen LogP) is 18.8. The summed E-state index contributed by atoms with van der Waals surface area (Å²) in [4.78, 5) is 30.0. The first kappa shape index (κ1) is 46.8. The van der Waals surface area contributed by atoms with Gasteiger partial charge in [-0.15, -0.1) is 0 Å². The van der Waals surface area contributed by atoms with Crippen molar-refractivity contribution >= 4 is 87.8 Å². The highest BCUT2D eigenvalue weighted by Gasteiger charge is 2.50. The lowest BCUT2D eigenvalue weighted by atomic mass is 9.65. The molecule has 2 fully saturated rings. The molecule has 4 nitrogen and oxygen atoms in total. The fourth-order valence-electron chi connectivity index (χ4n) is 16.6. The summed E-state index contributed by atoms with van der Waals surface area (Å²) in [5.41, 5.74) is 24.6. The second-order valence-electron chi connectivity index (χ2n) is 25.8. The molecule has 4 heteroatoms. The minimum Gasteiger partial charge on any atom is -0.308 e. The van der Waals surface area contributed by atoms with Gasteiger partial charge in [-0.1, -0.05) is 93.5 Å². The van der Waals surface area contributed by atoms with E-state index in [0.717, 1.165) is 112 Å². The second kappa shape index (κ2) is 15.6. The Labute approximate surface area is 447 Å². The van der Waals surface area contributed by atoms with Crippen molar-refractivity contribution in [1.82, 2.24) is 8.80 Å². The number of aryl methyl sites for hydroxylation is 6. The summed E-state index contributed by atoms with van der Waals surface area (Å²) >= 11 is 0. The van der Waals surface area contributed by atoms with Crippen LogP contribution in [0.5, 0.6) is 0 Å². The van der Waals surface area contributed by atoms with E-state index < -0.39 is 0 Å². The van der Waals surface area contributed by atoms with E-state index in [1.54, 1.807) is 0 Å². The molecule has 4 aromatic heterocycles. The zero-order valence-electron chi connectivity index (χ0n) is 46.7. The van der Waals surface area contributed by atoms with Gasteiger partial charge in [-0.3, -0.25) is 9.59 Å². The SMILES string of the molecule is CCc1cc(CC)c(-c2cc3c4cc5c(cc4n4c6cc7c8cc(-c9c(CC)cc(CC)cc9CC)cc9c%10cc%11c(cc%10n(c7cc6c(c2)c34)c98)C(=O)C2(C)CCC%11(C)CC2)C(=O)C2(C)CCC5(C)CC2)c(CC)c1. The van der Waals surface area contributed by atoms with Crippen molar-refractivity contribution in [2.45, 2.75) is 170 Å². The largest absolute Gasteiger partial charge is 0.308 e. The predicted molar refractivity (Wildman–Crippen MR) is 319 cm³/mol. The number of ketones is 2. The van der Waals surface area contributed by atoms with Crippen LogP contribution < -0.4 is 0 Å². The van der Waals surface area contributed by atoms with Gasteiger partial charge < -0.3 is 8.80 Å². The van der Waals surface area contributed by atoms with Gasteiger partial charge in [0.05, 0.1) is 33.1 Å². The summed E-state index contributed by atoms with van der Waals surface area (Å²) in [6, 6.07) is 34.6. The standard InChI is InChI=1S/C72H72N2O2/c1-11-39-25-41(13-3)63(42(14-4)26-39)45-29-51-47-33-57-55(67(75)71(9)21-17-69(57,7)18-22-71)37-61(47)73-59-36-50-54-32-46(64-43(15-5)27-40(12-2)28-44(64)16-6)30-52-48-34-58-56(68(76)72(10)23-19-70(58,8)20-24-72)38-62(48)74(66(52)54)60(50)35-49(59)53(31-45)65(51)73/h25-38H,11-24H2,1-10H3. The molecule has 0 unspecified atom stereocenters. The van der Waals surface area contributed by atoms with Crippen LogP contribution in [0.15, 0.2) is 84.9 Å². The third-order valence-electron chi connectivity index (χ3n) is 21.6. The van der Waals surface area contributed by atoms with Crippen molar-refractivity contribution in [3.8, 4) is 22.3 Å². The van der Waals surface area contributed by atoms with E-state index in [4.69, 9.17) is 0 Å². The second-order valence-corrected chi connectivity index (χ2v) is 25.8. The highest BCUT2D eigenvalue weighted by Crippen LogP contribution is 2.57. The van der Waals surface area contributed by atoms with Crippen LogP contribution in [0, 0.1) is 10.8 Å². The molecule has 11 aromatic rings. The van der Waals surface area contributed by atoms with Gasteiger partial charge in [-0.2, -0.15) is 0 Å². The third-order valence-corrected chi connectivity index (χ3v) is 21.6. The lowest BCUT2D eigenvalue weighted by Gasteiger charge is -2.38. The lowest BCUT2D eigenvalue weighted by Crippen LogP contribution is -2.33. The van der Waals surface area contributed by atoms with Crippen molar-refractivity contribution in [3.05, 3.63) is 141 Å². The molecule has 6 aliphatic carbocycles. The Balaban J connectivity index is 1.12. The zero-order chi connectivity index (χ0) is 52.3. The van der Waals surface area contributed by atoms with Gasteiger partial charge in [-0.05, 0) is 228 Å². The molecule has 17 rings (SSSR count). The normalized spacial score (nSPS) is 23.6. The Bertz CT molecular complexity index is 4060. The van der Waals surface area contributed by atoms with Crippen molar-refractivity contribution < 1.29 is 9.59 Å². The molecule has 0 aliphatic heterocycles. The Hall–Kier alpha value is -6.52. The third kappa shape index (κ3) is 5.87. The van der Waals surface area contributed by atoms with Crippen molar-refractivity contribution in [2.24, 2.45) is 10.8 Å². The number of rotatable bonds is 8. The highest BCUT2D eigenvalue weighted by atomic mass is 16.1. The van der Waals surface area contributed by atoms with Gasteiger partial charge in [0.25, 0.3) is 0 Å². The highest BCUT2D eigenvalue weighted by molar-refractivity contribution is 6.31. The van der Waals surface area contributed by atoms with E-state index in [0.29, 0.717) is 11.6 Å². The average molecular weight is 997 g/mol. The Morgan fingerprint density at radius 2 is 0.632 bits per heavy atom. The number of carbonyl (C=O) groups excluding carboxylic acids is 2. The maximum Gasteiger partial charge on any atom is 0.169 e. The van der Waals surface area contributed by atoms with Crippen LogP contribution in [0.2, 0.25) is 0 Å². The van der Waals surface area contributed by atoms with Crippen LogP contribution in [0.4, 0.5) is 0 Å². The quantitative estimate of drug-likeness (QED) is 0.152. The maximum atomic E-state index is 15.0. The number of nitrogens with zero attached hydrogens (tertiary/aromatic N) is 2. The van der Waals surface area contributed by atoms with Crippen molar-refractivity contribution in [1.29, 1.82) is 0 Å². The summed E-state index contributed by atoms with van der Waals surface area (Å²) in [6.07, 6.45) is 13.8. The molecular formula is C72H72N2O2. The Morgan fingerprint density at radius 3 is 0.934 bits per heavy atom. The van der Waals surface area contributed by atoms with Gasteiger partial charge in [-0.25, -0.2) is 0 Å². The first-order valence-electron chi connectivity index (χ1n) is 29.5.